The molecule has 3 aromatic rings. The van der Waals surface area contributed by atoms with Crippen molar-refractivity contribution < 1.29 is 4.79 Å². The van der Waals surface area contributed by atoms with Crippen LogP contribution >= 0.6 is 0 Å². The van der Waals surface area contributed by atoms with Crippen molar-refractivity contribution in [1.82, 2.24) is 29.9 Å². The van der Waals surface area contributed by atoms with Crippen molar-refractivity contribution in [2.24, 2.45) is 0 Å². The standard InChI is InChI=1S/C22H28N6O/c1-14(2)20-24-21-19(6-5-11-27(21)26-20)23-22(29)18-9-7-17(8-10-18)13-28-16(4)12-15(3)25-28/h7-10,12,14,19H,5-6,11,13H2,1-4H3,(H,23,29)/t19-/m1/s1. The van der Waals surface area contributed by atoms with Crippen LogP contribution in [-0.4, -0.2) is 30.5 Å². The number of hydrogen-bond donors (Lipinski definition) is 1. The fourth-order valence-corrected chi connectivity index (χ4v) is 3.76. The number of amides is 1. The minimum absolute atomic E-state index is 0.0739. The van der Waals surface area contributed by atoms with Gasteiger partial charge in [0.2, 0.25) is 0 Å². The maximum absolute atomic E-state index is 12.8. The van der Waals surface area contributed by atoms with Crippen LogP contribution in [0.3, 0.4) is 0 Å². The topological polar surface area (TPSA) is 77.6 Å². The van der Waals surface area contributed by atoms with E-state index in [0.29, 0.717) is 12.1 Å². The molecule has 1 N–H and O–H groups in total. The Morgan fingerprint density at radius 3 is 2.62 bits per heavy atom. The summed E-state index contributed by atoms with van der Waals surface area (Å²) in [4.78, 5) is 17.5. The fourth-order valence-electron chi connectivity index (χ4n) is 3.76. The third kappa shape index (κ3) is 4.09. The van der Waals surface area contributed by atoms with E-state index in [2.05, 4.69) is 47.3 Å². The van der Waals surface area contributed by atoms with Crippen LogP contribution in [0.5, 0.6) is 0 Å². The molecule has 4 rings (SSSR count). The Hall–Kier alpha value is -2.96. The second kappa shape index (κ2) is 7.81. The third-order valence-corrected chi connectivity index (χ3v) is 5.36. The molecule has 1 amide bonds. The van der Waals surface area contributed by atoms with Gasteiger partial charge in [-0.25, -0.2) is 9.67 Å². The smallest absolute Gasteiger partial charge is 0.251 e. The summed E-state index contributed by atoms with van der Waals surface area (Å²) in [6, 6.07) is 9.71. The summed E-state index contributed by atoms with van der Waals surface area (Å²) in [5.41, 5.74) is 3.92. The van der Waals surface area contributed by atoms with Crippen molar-refractivity contribution in [3.05, 3.63) is 64.5 Å². The van der Waals surface area contributed by atoms with E-state index in [1.54, 1.807) is 0 Å². The average Bonchev–Trinajstić information content (AvgIpc) is 3.26. The quantitative estimate of drug-likeness (QED) is 0.721. The van der Waals surface area contributed by atoms with Gasteiger partial charge in [0.25, 0.3) is 5.91 Å². The summed E-state index contributed by atoms with van der Waals surface area (Å²) in [5, 5.41) is 12.2. The van der Waals surface area contributed by atoms with Crippen LogP contribution in [0.15, 0.2) is 30.3 Å². The molecule has 0 fully saturated rings. The Labute approximate surface area is 171 Å². The first-order valence-corrected chi connectivity index (χ1v) is 10.3. The summed E-state index contributed by atoms with van der Waals surface area (Å²) in [6.07, 6.45) is 1.87. The molecule has 29 heavy (non-hydrogen) atoms. The lowest BCUT2D eigenvalue weighted by Crippen LogP contribution is -2.33. The van der Waals surface area contributed by atoms with Crippen molar-refractivity contribution in [3.8, 4) is 0 Å². The maximum atomic E-state index is 12.8. The highest BCUT2D eigenvalue weighted by atomic mass is 16.1. The van der Waals surface area contributed by atoms with Gasteiger partial charge in [-0.1, -0.05) is 26.0 Å². The number of aryl methyl sites for hydroxylation is 3. The summed E-state index contributed by atoms with van der Waals surface area (Å²) in [7, 11) is 0. The van der Waals surface area contributed by atoms with Crippen LogP contribution in [0.25, 0.3) is 0 Å². The molecule has 7 heteroatoms. The van der Waals surface area contributed by atoms with Gasteiger partial charge >= 0.3 is 0 Å². The highest BCUT2D eigenvalue weighted by Gasteiger charge is 2.26. The molecule has 1 atom stereocenters. The first kappa shape index (κ1) is 19.4. The zero-order valence-electron chi connectivity index (χ0n) is 17.5. The minimum atomic E-state index is -0.0920. The van der Waals surface area contributed by atoms with Crippen LogP contribution in [-0.2, 0) is 13.1 Å². The van der Waals surface area contributed by atoms with Gasteiger partial charge in [0, 0.05) is 23.7 Å². The fraction of sp³-hybridized carbons (Fsp3) is 0.455. The Morgan fingerprint density at radius 1 is 1.21 bits per heavy atom. The SMILES string of the molecule is Cc1cc(C)n(Cc2ccc(C(=O)N[C@@H]3CCCn4nc(C(C)C)nc43)cc2)n1. The van der Waals surface area contributed by atoms with Crippen LogP contribution in [0.2, 0.25) is 0 Å². The monoisotopic (exact) mass is 392 g/mol. The van der Waals surface area contributed by atoms with E-state index in [1.807, 2.05) is 40.6 Å². The molecule has 152 valence electrons. The van der Waals surface area contributed by atoms with Crippen LogP contribution < -0.4 is 5.32 Å². The Balaban J connectivity index is 1.45. The number of fused-ring (bicyclic) bond motifs is 1. The van der Waals surface area contributed by atoms with E-state index in [4.69, 9.17) is 0 Å². The molecular weight excluding hydrogens is 364 g/mol. The van der Waals surface area contributed by atoms with Gasteiger partial charge in [0.05, 0.1) is 18.3 Å². The van der Waals surface area contributed by atoms with Crippen molar-refractivity contribution >= 4 is 5.91 Å². The number of benzene rings is 1. The Bertz CT molecular complexity index is 1010. The zero-order chi connectivity index (χ0) is 20.5. The number of hydrogen-bond acceptors (Lipinski definition) is 4. The largest absolute Gasteiger partial charge is 0.342 e. The van der Waals surface area contributed by atoms with Gasteiger partial charge in [-0.3, -0.25) is 9.48 Å². The lowest BCUT2D eigenvalue weighted by atomic mass is 10.1. The van der Waals surface area contributed by atoms with E-state index >= 15 is 0 Å². The Kier molecular flexibility index (Phi) is 5.22. The number of carbonyl (C=O) groups excluding carboxylic acids is 1. The maximum Gasteiger partial charge on any atom is 0.251 e. The second-order valence-electron chi connectivity index (χ2n) is 8.16. The van der Waals surface area contributed by atoms with Gasteiger partial charge < -0.3 is 5.32 Å². The van der Waals surface area contributed by atoms with Gasteiger partial charge in [0.15, 0.2) is 5.82 Å². The highest BCUT2D eigenvalue weighted by molar-refractivity contribution is 5.94. The molecule has 7 nitrogen and oxygen atoms in total. The third-order valence-electron chi connectivity index (χ3n) is 5.36. The zero-order valence-corrected chi connectivity index (χ0v) is 17.5. The lowest BCUT2D eigenvalue weighted by Gasteiger charge is -2.23. The summed E-state index contributed by atoms with van der Waals surface area (Å²) in [5.74, 6) is 1.92. The number of nitrogens with zero attached hydrogens (tertiary/aromatic N) is 5. The van der Waals surface area contributed by atoms with E-state index in [1.165, 1.54) is 0 Å². The molecule has 0 saturated heterocycles. The number of carbonyl (C=O) groups is 1. The molecule has 1 aliphatic heterocycles. The number of aromatic nitrogens is 5. The van der Waals surface area contributed by atoms with Gasteiger partial charge in [0.1, 0.15) is 5.82 Å². The minimum Gasteiger partial charge on any atom is -0.342 e. The molecular formula is C22H28N6O. The molecule has 1 aromatic carbocycles. The van der Waals surface area contributed by atoms with Crippen LogP contribution in [0.1, 0.15) is 77.6 Å². The van der Waals surface area contributed by atoms with Crippen molar-refractivity contribution in [2.45, 2.75) is 65.6 Å². The molecule has 0 radical (unpaired) electrons. The van der Waals surface area contributed by atoms with Gasteiger partial charge in [-0.2, -0.15) is 10.2 Å². The van der Waals surface area contributed by atoms with Gasteiger partial charge in [-0.15, -0.1) is 0 Å². The Morgan fingerprint density at radius 2 is 1.97 bits per heavy atom. The first-order valence-electron chi connectivity index (χ1n) is 10.3. The average molecular weight is 393 g/mol. The van der Waals surface area contributed by atoms with E-state index in [-0.39, 0.29) is 17.9 Å². The van der Waals surface area contributed by atoms with Crippen molar-refractivity contribution in [3.63, 3.8) is 0 Å². The van der Waals surface area contributed by atoms with Crippen molar-refractivity contribution in [1.29, 1.82) is 0 Å². The molecule has 0 spiro atoms. The first-order chi connectivity index (χ1) is 13.9. The molecule has 0 saturated carbocycles. The number of rotatable bonds is 5. The number of nitrogens with one attached hydrogen (secondary N) is 1. The lowest BCUT2D eigenvalue weighted by molar-refractivity contribution is 0.0927. The van der Waals surface area contributed by atoms with Crippen molar-refractivity contribution in [2.75, 3.05) is 0 Å². The molecule has 3 heterocycles. The molecule has 0 bridgehead atoms. The van der Waals surface area contributed by atoms with E-state index in [9.17, 15) is 4.79 Å². The van der Waals surface area contributed by atoms with E-state index in [0.717, 1.165) is 48.0 Å². The second-order valence-corrected chi connectivity index (χ2v) is 8.16. The molecule has 2 aromatic heterocycles. The summed E-state index contributed by atoms with van der Waals surface area (Å²) >= 11 is 0. The normalized spacial score (nSPS) is 16.1. The molecule has 1 aliphatic rings. The predicted octanol–water partition coefficient (Wildman–Crippen LogP) is 3.53. The van der Waals surface area contributed by atoms with Crippen LogP contribution in [0.4, 0.5) is 0 Å². The van der Waals surface area contributed by atoms with E-state index < -0.39 is 0 Å². The van der Waals surface area contributed by atoms with Crippen LogP contribution in [0, 0.1) is 13.8 Å². The summed E-state index contributed by atoms with van der Waals surface area (Å²) in [6.45, 7) is 9.78. The summed E-state index contributed by atoms with van der Waals surface area (Å²) < 4.78 is 3.92. The van der Waals surface area contributed by atoms with Gasteiger partial charge in [-0.05, 0) is 50.5 Å². The molecule has 0 aliphatic carbocycles. The predicted molar refractivity (Wildman–Crippen MR) is 111 cm³/mol. The molecule has 0 unspecified atom stereocenters. The highest BCUT2D eigenvalue weighted by Crippen LogP contribution is 2.25.